The van der Waals surface area contributed by atoms with Crippen LogP contribution < -0.4 is 5.73 Å². The highest BCUT2D eigenvalue weighted by atomic mass is 35.5. The van der Waals surface area contributed by atoms with Gasteiger partial charge in [-0.3, -0.25) is 0 Å². The number of alkyl halides is 3. The summed E-state index contributed by atoms with van der Waals surface area (Å²) in [6, 6.07) is 10.4. The first-order chi connectivity index (χ1) is 9.36. The quantitative estimate of drug-likeness (QED) is 0.619. The van der Waals surface area contributed by atoms with Crippen molar-refractivity contribution >= 4 is 29.1 Å². The van der Waals surface area contributed by atoms with Crippen LogP contribution in [0, 0.1) is 0 Å². The molecule has 0 unspecified atom stereocenters. The SMILES string of the molecule is Nc1cc(Cl)ccc1SCc1cccc(C(F)(F)F)c1. The Kier molecular flexibility index (Phi) is 4.50. The Morgan fingerprint density at radius 3 is 2.50 bits per heavy atom. The molecule has 0 fully saturated rings. The molecular formula is C14H11ClF3NS. The maximum Gasteiger partial charge on any atom is 0.416 e. The summed E-state index contributed by atoms with van der Waals surface area (Å²) in [5.41, 5.74) is 6.28. The van der Waals surface area contributed by atoms with Crippen LogP contribution in [0.25, 0.3) is 0 Å². The number of hydrogen-bond acceptors (Lipinski definition) is 2. The van der Waals surface area contributed by atoms with E-state index in [-0.39, 0.29) is 0 Å². The Balaban J connectivity index is 2.11. The van der Waals surface area contributed by atoms with Crippen LogP contribution in [0.4, 0.5) is 18.9 Å². The molecule has 0 saturated carbocycles. The summed E-state index contributed by atoms with van der Waals surface area (Å²) in [4.78, 5) is 0.798. The summed E-state index contributed by atoms with van der Waals surface area (Å²) in [7, 11) is 0. The smallest absolute Gasteiger partial charge is 0.398 e. The minimum atomic E-state index is -4.32. The van der Waals surface area contributed by atoms with Crippen molar-refractivity contribution in [1.29, 1.82) is 0 Å². The lowest BCUT2D eigenvalue weighted by Crippen LogP contribution is -2.04. The van der Waals surface area contributed by atoms with Crippen molar-refractivity contribution in [3.05, 3.63) is 58.6 Å². The Labute approximate surface area is 123 Å². The highest BCUT2D eigenvalue weighted by molar-refractivity contribution is 7.98. The summed E-state index contributed by atoms with van der Waals surface area (Å²) in [6.07, 6.45) is -4.32. The molecule has 0 aliphatic rings. The minimum absolute atomic E-state index is 0.412. The monoisotopic (exact) mass is 317 g/mol. The maximum atomic E-state index is 12.6. The third-order valence-electron chi connectivity index (χ3n) is 2.62. The molecule has 106 valence electrons. The second-order valence-electron chi connectivity index (χ2n) is 4.17. The van der Waals surface area contributed by atoms with Gasteiger partial charge in [0.2, 0.25) is 0 Å². The topological polar surface area (TPSA) is 26.0 Å². The van der Waals surface area contributed by atoms with Crippen LogP contribution >= 0.6 is 23.4 Å². The van der Waals surface area contributed by atoms with E-state index in [4.69, 9.17) is 17.3 Å². The molecule has 2 rings (SSSR count). The minimum Gasteiger partial charge on any atom is -0.398 e. The van der Waals surface area contributed by atoms with E-state index in [1.165, 1.54) is 17.8 Å². The first-order valence-electron chi connectivity index (χ1n) is 5.70. The summed E-state index contributed by atoms with van der Waals surface area (Å²) >= 11 is 7.17. The van der Waals surface area contributed by atoms with Crippen LogP contribution in [0.5, 0.6) is 0 Å². The molecule has 1 nitrogen and oxygen atoms in total. The Hall–Kier alpha value is -1.33. The van der Waals surface area contributed by atoms with E-state index >= 15 is 0 Å². The normalized spacial score (nSPS) is 11.6. The predicted molar refractivity (Wildman–Crippen MR) is 76.9 cm³/mol. The molecule has 0 saturated heterocycles. The first kappa shape index (κ1) is 15.1. The number of benzene rings is 2. The number of anilines is 1. The number of nitrogen functional groups attached to an aromatic ring is 1. The molecule has 2 aromatic carbocycles. The van der Waals surface area contributed by atoms with Gasteiger partial charge in [-0.2, -0.15) is 13.2 Å². The lowest BCUT2D eigenvalue weighted by molar-refractivity contribution is -0.137. The van der Waals surface area contributed by atoms with Crippen LogP contribution in [-0.2, 0) is 11.9 Å². The van der Waals surface area contributed by atoms with Crippen LogP contribution in [0.1, 0.15) is 11.1 Å². The molecule has 0 aromatic heterocycles. The first-order valence-corrected chi connectivity index (χ1v) is 7.06. The molecule has 0 radical (unpaired) electrons. The van der Waals surface area contributed by atoms with Crippen LogP contribution in [0.15, 0.2) is 47.4 Å². The fourth-order valence-electron chi connectivity index (χ4n) is 1.65. The Morgan fingerprint density at radius 1 is 1.10 bits per heavy atom. The van der Waals surface area contributed by atoms with Gasteiger partial charge in [-0.05, 0) is 29.8 Å². The van der Waals surface area contributed by atoms with E-state index in [2.05, 4.69) is 0 Å². The van der Waals surface area contributed by atoms with Gasteiger partial charge in [-0.15, -0.1) is 11.8 Å². The largest absolute Gasteiger partial charge is 0.416 e. The molecule has 0 atom stereocenters. The summed E-state index contributed by atoms with van der Waals surface area (Å²) < 4.78 is 37.8. The maximum absolute atomic E-state index is 12.6. The van der Waals surface area contributed by atoms with E-state index in [9.17, 15) is 13.2 Å². The van der Waals surface area contributed by atoms with Crippen LogP contribution in [0.2, 0.25) is 5.02 Å². The zero-order chi connectivity index (χ0) is 14.8. The van der Waals surface area contributed by atoms with Crippen molar-refractivity contribution in [2.24, 2.45) is 0 Å². The molecule has 20 heavy (non-hydrogen) atoms. The number of nitrogens with two attached hydrogens (primary N) is 1. The van der Waals surface area contributed by atoms with Gasteiger partial charge in [0, 0.05) is 21.4 Å². The third kappa shape index (κ3) is 3.84. The van der Waals surface area contributed by atoms with E-state index in [0.29, 0.717) is 22.0 Å². The molecular weight excluding hydrogens is 307 g/mol. The standard InChI is InChI=1S/C14H11ClF3NS/c15-11-4-5-13(12(19)7-11)20-8-9-2-1-3-10(6-9)14(16,17)18/h1-7H,8,19H2. The average Bonchev–Trinajstić information content (AvgIpc) is 2.37. The second-order valence-corrected chi connectivity index (χ2v) is 5.62. The van der Waals surface area contributed by atoms with Gasteiger partial charge in [-0.1, -0.05) is 29.8 Å². The molecule has 0 aliphatic heterocycles. The van der Waals surface area contributed by atoms with Gasteiger partial charge in [0.05, 0.1) is 5.56 Å². The molecule has 0 amide bonds. The average molecular weight is 318 g/mol. The molecule has 6 heteroatoms. The highest BCUT2D eigenvalue weighted by Gasteiger charge is 2.30. The molecule has 0 spiro atoms. The number of hydrogen-bond donors (Lipinski definition) is 1. The molecule has 0 aliphatic carbocycles. The number of thioether (sulfide) groups is 1. The lowest BCUT2D eigenvalue weighted by Gasteiger charge is -2.09. The van der Waals surface area contributed by atoms with Crippen LogP contribution in [-0.4, -0.2) is 0 Å². The molecule has 0 bridgehead atoms. The zero-order valence-corrected chi connectivity index (χ0v) is 11.8. The molecule has 0 heterocycles. The van der Waals surface area contributed by atoms with Crippen molar-refractivity contribution < 1.29 is 13.2 Å². The highest BCUT2D eigenvalue weighted by Crippen LogP contribution is 2.33. The fourth-order valence-corrected chi connectivity index (χ4v) is 2.72. The number of halogens is 4. The summed E-state index contributed by atoms with van der Waals surface area (Å²) in [6.45, 7) is 0. The van der Waals surface area contributed by atoms with E-state index in [0.717, 1.165) is 17.0 Å². The summed E-state index contributed by atoms with van der Waals surface area (Å²) in [5.74, 6) is 0.412. The predicted octanol–water partition coefficient (Wildman–Crippen LogP) is 5.23. The van der Waals surface area contributed by atoms with Gasteiger partial charge in [-0.25, -0.2) is 0 Å². The molecule has 2 N–H and O–H groups in total. The Morgan fingerprint density at radius 2 is 1.85 bits per heavy atom. The van der Waals surface area contributed by atoms with E-state index in [1.807, 2.05) is 0 Å². The van der Waals surface area contributed by atoms with Crippen molar-refractivity contribution in [2.45, 2.75) is 16.8 Å². The van der Waals surface area contributed by atoms with Crippen molar-refractivity contribution in [2.75, 3.05) is 5.73 Å². The van der Waals surface area contributed by atoms with Crippen molar-refractivity contribution in [3.63, 3.8) is 0 Å². The van der Waals surface area contributed by atoms with Gasteiger partial charge in [0.25, 0.3) is 0 Å². The fraction of sp³-hybridized carbons (Fsp3) is 0.143. The van der Waals surface area contributed by atoms with Crippen molar-refractivity contribution in [3.8, 4) is 0 Å². The number of rotatable bonds is 3. The van der Waals surface area contributed by atoms with Gasteiger partial charge in [0.15, 0.2) is 0 Å². The Bertz CT molecular complexity index is 614. The van der Waals surface area contributed by atoms with Gasteiger partial charge >= 0.3 is 6.18 Å². The van der Waals surface area contributed by atoms with Crippen LogP contribution in [0.3, 0.4) is 0 Å². The molecule has 2 aromatic rings. The third-order valence-corrected chi connectivity index (χ3v) is 4.02. The zero-order valence-electron chi connectivity index (χ0n) is 10.2. The summed E-state index contributed by atoms with van der Waals surface area (Å²) in [5, 5.41) is 0.533. The van der Waals surface area contributed by atoms with E-state index in [1.54, 1.807) is 24.3 Å². The van der Waals surface area contributed by atoms with Gasteiger partial charge < -0.3 is 5.73 Å². The van der Waals surface area contributed by atoms with Gasteiger partial charge in [0.1, 0.15) is 0 Å². The lowest BCUT2D eigenvalue weighted by atomic mass is 10.1. The van der Waals surface area contributed by atoms with E-state index < -0.39 is 11.7 Å². The van der Waals surface area contributed by atoms with Crippen molar-refractivity contribution in [1.82, 2.24) is 0 Å². The second kappa shape index (κ2) is 5.97.